The number of carbonyl (C=O) groups is 2. The van der Waals surface area contributed by atoms with Crippen molar-refractivity contribution in [3.8, 4) is 0 Å². The molecule has 0 aliphatic carbocycles. The molecule has 1 N–H and O–H groups in total. The highest BCUT2D eigenvalue weighted by atomic mass is 79.9. The number of halogens is 1. The van der Waals surface area contributed by atoms with Crippen molar-refractivity contribution in [1.82, 2.24) is 4.90 Å². The summed E-state index contributed by atoms with van der Waals surface area (Å²) in [6, 6.07) is 1.53. The van der Waals surface area contributed by atoms with Gasteiger partial charge in [-0.15, -0.1) is 11.3 Å². The molecule has 1 aromatic rings. The van der Waals surface area contributed by atoms with Gasteiger partial charge in [0, 0.05) is 18.0 Å². The predicted octanol–water partition coefficient (Wildman–Crippen LogP) is 2.84. The van der Waals surface area contributed by atoms with Gasteiger partial charge in [0.05, 0.1) is 15.3 Å². The molecule has 1 aromatic heterocycles. The fraction of sp³-hybridized carbons (Fsp3) is 0.500. The third-order valence-electron chi connectivity index (χ3n) is 3.38. The van der Waals surface area contributed by atoms with E-state index in [1.807, 2.05) is 6.92 Å². The second kappa shape index (κ2) is 5.40. The molecular formula is C12H14BrNO3S. The zero-order chi connectivity index (χ0) is 13.3. The Hall–Kier alpha value is -0.880. The fourth-order valence-electron chi connectivity index (χ4n) is 2.35. The highest BCUT2D eigenvalue weighted by molar-refractivity contribution is 9.11. The standard InChI is InChI=1S/C12H14BrNO3S/c1-7-9(12(16)17)3-2-4-14(7)11(15)8-5-10(13)18-6-8/h5-7,9H,2-4H2,1H3,(H,16,17)/t7-,9-/m1/s1. The Kier molecular flexibility index (Phi) is 4.07. The molecule has 0 bridgehead atoms. The smallest absolute Gasteiger partial charge is 0.308 e. The van der Waals surface area contributed by atoms with Crippen LogP contribution in [-0.2, 0) is 4.79 Å². The van der Waals surface area contributed by atoms with Gasteiger partial charge in [0.15, 0.2) is 0 Å². The molecule has 2 atom stereocenters. The third kappa shape index (κ3) is 2.59. The minimum absolute atomic E-state index is 0.0737. The molecule has 1 saturated heterocycles. The van der Waals surface area contributed by atoms with Crippen molar-refractivity contribution < 1.29 is 14.7 Å². The van der Waals surface area contributed by atoms with Crippen molar-refractivity contribution in [3.63, 3.8) is 0 Å². The Morgan fingerprint density at radius 3 is 2.83 bits per heavy atom. The van der Waals surface area contributed by atoms with Gasteiger partial charge in [-0.05, 0) is 41.8 Å². The minimum Gasteiger partial charge on any atom is -0.481 e. The fourth-order valence-corrected chi connectivity index (χ4v) is 3.48. The molecule has 1 aliphatic rings. The maximum absolute atomic E-state index is 12.3. The summed E-state index contributed by atoms with van der Waals surface area (Å²) >= 11 is 4.79. The van der Waals surface area contributed by atoms with Crippen molar-refractivity contribution in [1.29, 1.82) is 0 Å². The van der Waals surface area contributed by atoms with Crippen molar-refractivity contribution in [3.05, 3.63) is 20.8 Å². The number of aliphatic carboxylic acids is 1. The monoisotopic (exact) mass is 331 g/mol. The molecule has 6 heteroatoms. The van der Waals surface area contributed by atoms with Gasteiger partial charge >= 0.3 is 5.97 Å². The number of carbonyl (C=O) groups excluding carboxylic acids is 1. The first-order chi connectivity index (χ1) is 8.50. The molecule has 1 aliphatic heterocycles. The Morgan fingerprint density at radius 1 is 1.56 bits per heavy atom. The van der Waals surface area contributed by atoms with Gasteiger partial charge in [-0.25, -0.2) is 0 Å². The highest BCUT2D eigenvalue weighted by Crippen LogP contribution is 2.27. The van der Waals surface area contributed by atoms with E-state index in [-0.39, 0.29) is 11.9 Å². The number of hydrogen-bond acceptors (Lipinski definition) is 3. The molecule has 18 heavy (non-hydrogen) atoms. The van der Waals surface area contributed by atoms with Crippen molar-refractivity contribution in [2.24, 2.45) is 5.92 Å². The number of likely N-dealkylation sites (tertiary alicyclic amines) is 1. The van der Waals surface area contributed by atoms with E-state index >= 15 is 0 Å². The van der Waals surface area contributed by atoms with Crippen LogP contribution in [0.15, 0.2) is 15.2 Å². The molecule has 1 fully saturated rings. The summed E-state index contributed by atoms with van der Waals surface area (Å²) in [5, 5.41) is 10.9. The maximum Gasteiger partial charge on any atom is 0.308 e. The summed E-state index contributed by atoms with van der Waals surface area (Å²) in [7, 11) is 0. The van der Waals surface area contributed by atoms with Crippen LogP contribution in [-0.4, -0.2) is 34.5 Å². The molecule has 0 spiro atoms. The molecule has 1 amide bonds. The number of amides is 1. The van der Waals surface area contributed by atoms with E-state index in [1.165, 1.54) is 11.3 Å². The molecule has 4 nitrogen and oxygen atoms in total. The van der Waals surface area contributed by atoms with Gasteiger partial charge in [0.1, 0.15) is 0 Å². The van der Waals surface area contributed by atoms with Crippen LogP contribution in [0.1, 0.15) is 30.1 Å². The van der Waals surface area contributed by atoms with Crippen LogP contribution in [0.25, 0.3) is 0 Å². The van der Waals surface area contributed by atoms with Crippen LogP contribution in [0.4, 0.5) is 0 Å². The Bertz CT molecular complexity index is 474. The van der Waals surface area contributed by atoms with Crippen LogP contribution in [0.2, 0.25) is 0 Å². The summed E-state index contributed by atoms with van der Waals surface area (Å²) in [5.41, 5.74) is 0.629. The van der Waals surface area contributed by atoms with E-state index in [2.05, 4.69) is 15.9 Å². The first-order valence-corrected chi connectivity index (χ1v) is 7.45. The Morgan fingerprint density at radius 2 is 2.28 bits per heavy atom. The van der Waals surface area contributed by atoms with Crippen LogP contribution in [0.3, 0.4) is 0 Å². The van der Waals surface area contributed by atoms with Crippen molar-refractivity contribution >= 4 is 39.1 Å². The molecule has 2 rings (SSSR count). The molecule has 98 valence electrons. The summed E-state index contributed by atoms with van der Waals surface area (Å²) < 4.78 is 0.908. The first-order valence-electron chi connectivity index (χ1n) is 5.78. The highest BCUT2D eigenvalue weighted by Gasteiger charge is 2.35. The van der Waals surface area contributed by atoms with E-state index < -0.39 is 11.9 Å². The van der Waals surface area contributed by atoms with Crippen LogP contribution in [0, 0.1) is 5.92 Å². The molecule has 0 unspecified atom stereocenters. The number of nitrogens with zero attached hydrogens (tertiary/aromatic N) is 1. The summed E-state index contributed by atoms with van der Waals surface area (Å²) in [4.78, 5) is 25.1. The molecule has 0 saturated carbocycles. The number of rotatable bonds is 2. The number of piperidine rings is 1. The average molecular weight is 332 g/mol. The number of thiophene rings is 1. The maximum atomic E-state index is 12.3. The quantitative estimate of drug-likeness (QED) is 0.906. The van der Waals surface area contributed by atoms with Crippen LogP contribution >= 0.6 is 27.3 Å². The van der Waals surface area contributed by atoms with E-state index in [4.69, 9.17) is 5.11 Å². The van der Waals surface area contributed by atoms with Gasteiger partial charge in [-0.3, -0.25) is 9.59 Å². The normalized spacial score (nSPS) is 24.0. The summed E-state index contributed by atoms with van der Waals surface area (Å²) in [6.07, 6.45) is 1.39. The van der Waals surface area contributed by atoms with Crippen molar-refractivity contribution in [2.75, 3.05) is 6.54 Å². The Labute approximate surface area is 118 Å². The lowest BCUT2D eigenvalue weighted by molar-refractivity contribution is -0.144. The van der Waals surface area contributed by atoms with Gasteiger partial charge in [-0.2, -0.15) is 0 Å². The minimum atomic E-state index is -0.813. The third-order valence-corrected chi connectivity index (χ3v) is 4.89. The van der Waals surface area contributed by atoms with Gasteiger partial charge in [-0.1, -0.05) is 0 Å². The molecular weight excluding hydrogens is 318 g/mol. The number of carboxylic acids is 1. The van der Waals surface area contributed by atoms with Crippen LogP contribution < -0.4 is 0 Å². The lowest BCUT2D eigenvalue weighted by Gasteiger charge is -2.37. The van der Waals surface area contributed by atoms with E-state index in [1.54, 1.807) is 16.3 Å². The number of hydrogen-bond donors (Lipinski definition) is 1. The zero-order valence-corrected chi connectivity index (χ0v) is 12.3. The van der Waals surface area contributed by atoms with Crippen molar-refractivity contribution in [2.45, 2.75) is 25.8 Å². The Balaban J connectivity index is 2.17. The lowest BCUT2D eigenvalue weighted by Crippen LogP contribution is -2.49. The lowest BCUT2D eigenvalue weighted by atomic mass is 9.90. The van der Waals surface area contributed by atoms with E-state index in [9.17, 15) is 9.59 Å². The second-order valence-corrected chi connectivity index (χ2v) is 6.76. The summed E-state index contributed by atoms with van der Waals surface area (Å²) in [6.45, 7) is 2.45. The van der Waals surface area contributed by atoms with Crippen LogP contribution in [0.5, 0.6) is 0 Å². The molecule has 0 radical (unpaired) electrons. The summed E-state index contributed by atoms with van der Waals surface area (Å²) in [5.74, 6) is -1.34. The van der Waals surface area contributed by atoms with Gasteiger partial charge < -0.3 is 10.0 Å². The largest absolute Gasteiger partial charge is 0.481 e. The van der Waals surface area contributed by atoms with Gasteiger partial charge in [0.25, 0.3) is 5.91 Å². The zero-order valence-electron chi connectivity index (χ0n) is 9.93. The predicted molar refractivity (Wildman–Crippen MR) is 72.9 cm³/mol. The SMILES string of the molecule is C[C@@H]1[C@H](C(=O)O)CCCN1C(=O)c1csc(Br)c1. The molecule has 0 aromatic carbocycles. The van der Waals surface area contributed by atoms with Gasteiger partial charge in [0.2, 0.25) is 0 Å². The second-order valence-electron chi connectivity index (χ2n) is 4.47. The van der Waals surface area contributed by atoms with E-state index in [0.717, 1.165) is 10.2 Å². The molecule has 2 heterocycles. The van der Waals surface area contributed by atoms with E-state index in [0.29, 0.717) is 18.5 Å². The topological polar surface area (TPSA) is 57.6 Å². The average Bonchev–Trinajstić information content (AvgIpc) is 2.75. The first kappa shape index (κ1) is 13.5. The number of carboxylic acid groups (broad SMARTS) is 1.